The van der Waals surface area contributed by atoms with E-state index in [1.54, 1.807) is 22.9 Å². The van der Waals surface area contributed by atoms with Gasteiger partial charge in [0, 0.05) is 30.8 Å². The summed E-state index contributed by atoms with van der Waals surface area (Å²) in [5.41, 5.74) is 4.93. The molecule has 1 fully saturated rings. The number of aryl methyl sites for hydroxylation is 2. The number of hydrogen-bond acceptors (Lipinski definition) is 5. The second kappa shape index (κ2) is 15.3. The molecule has 2 aromatic carbocycles. The number of methoxy groups -OCH3 is 2. The third kappa shape index (κ3) is 7.70. The summed E-state index contributed by atoms with van der Waals surface area (Å²) in [4.78, 5) is 33.3. The molecule has 0 N–H and O–H groups in total. The molecule has 0 aliphatic carbocycles. The van der Waals surface area contributed by atoms with Crippen LogP contribution in [0.25, 0.3) is 0 Å². The number of allylic oxidation sites excluding steroid dienone is 4. The van der Waals surface area contributed by atoms with E-state index in [0.29, 0.717) is 29.4 Å². The van der Waals surface area contributed by atoms with Crippen LogP contribution >= 0.6 is 23.2 Å². The molecule has 0 atom stereocenters. The fraction of sp³-hybridized carbons (Fsp3) is 0.382. The first-order valence-electron chi connectivity index (χ1n) is 14.6. The van der Waals surface area contributed by atoms with Crippen LogP contribution in [0.2, 0.25) is 10.0 Å². The van der Waals surface area contributed by atoms with Gasteiger partial charge in [0.15, 0.2) is 5.78 Å². The highest BCUT2D eigenvalue weighted by atomic mass is 35.5. The van der Waals surface area contributed by atoms with Crippen LogP contribution in [0.5, 0.6) is 11.5 Å². The molecule has 0 bridgehead atoms. The van der Waals surface area contributed by atoms with Gasteiger partial charge in [0.2, 0.25) is 0 Å². The number of ketones is 1. The second-order valence-corrected chi connectivity index (χ2v) is 11.4. The average molecular weight is 625 g/mol. The van der Waals surface area contributed by atoms with Gasteiger partial charge in [0.1, 0.15) is 27.4 Å². The number of carbonyl (C=O) groups excluding carboxylic acids is 2. The maximum absolute atomic E-state index is 13.7. The van der Waals surface area contributed by atoms with Gasteiger partial charge in [0.25, 0.3) is 0 Å². The number of hydrogen-bond donors (Lipinski definition) is 0. The number of fused-ring (bicyclic) bond motifs is 1. The van der Waals surface area contributed by atoms with Crippen molar-refractivity contribution in [2.24, 2.45) is 4.99 Å². The molecule has 2 aliphatic heterocycles. The number of urea groups is 1. The second-order valence-electron chi connectivity index (χ2n) is 10.6. The summed E-state index contributed by atoms with van der Waals surface area (Å²) in [6.45, 7) is 3.83. The Morgan fingerprint density at radius 2 is 1.60 bits per heavy atom. The SMILES string of the molecule is C=CC(=O)CCCCc1ccccc1CCCC1=C\CC/C=C2/CN(c3c(Cl)c(OC)cc(OC)c3Cl)C(=O)N(C)/C2=N/1. The van der Waals surface area contributed by atoms with E-state index in [-0.39, 0.29) is 28.4 Å². The maximum Gasteiger partial charge on any atom is 0.330 e. The van der Waals surface area contributed by atoms with Crippen LogP contribution in [0.3, 0.4) is 0 Å². The monoisotopic (exact) mass is 623 g/mol. The summed E-state index contributed by atoms with van der Waals surface area (Å²) < 4.78 is 10.8. The number of likely N-dealkylation sites (N-methyl/N-ethyl adjacent to an activating group) is 1. The Kier molecular flexibility index (Phi) is 11.5. The summed E-state index contributed by atoms with van der Waals surface area (Å²) in [6.07, 6.45) is 13.4. The Hall–Kier alpha value is -3.55. The number of unbranched alkanes of at least 4 members (excludes halogenated alkanes) is 1. The molecular formula is C34H39Cl2N3O4. The summed E-state index contributed by atoms with van der Waals surface area (Å²) >= 11 is 13.3. The van der Waals surface area contributed by atoms with Crippen molar-refractivity contribution in [3.8, 4) is 11.5 Å². The van der Waals surface area contributed by atoms with Crippen molar-refractivity contribution in [2.45, 2.75) is 57.8 Å². The zero-order valence-corrected chi connectivity index (χ0v) is 26.6. The highest BCUT2D eigenvalue weighted by Crippen LogP contribution is 2.47. The van der Waals surface area contributed by atoms with Crippen LogP contribution < -0.4 is 14.4 Å². The molecule has 2 aromatic rings. The van der Waals surface area contributed by atoms with Crippen LogP contribution in [-0.2, 0) is 17.6 Å². The molecule has 228 valence electrons. The standard InChI is InChI=1S/C34H39Cl2N3O4/c1-5-27(40)20-11-9-15-23-13-6-7-14-24(23)17-12-19-26-18-10-8-16-25-22-39(34(41)38(2)33(25)37-26)32-30(35)28(42-3)21-29(43-4)31(32)36/h5-7,13-14,16,18,21H,1,8-12,15,17,19-20,22H2,2-4H3/b25-16-,26-18-,37-33+. The van der Waals surface area contributed by atoms with Gasteiger partial charge in [-0.15, -0.1) is 0 Å². The van der Waals surface area contributed by atoms with Crippen molar-refractivity contribution in [2.75, 3.05) is 32.7 Å². The number of halogens is 2. The molecule has 9 heteroatoms. The van der Waals surface area contributed by atoms with E-state index in [1.165, 1.54) is 31.4 Å². The number of amidine groups is 1. The molecule has 0 aromatic heterocycles. The van der Waals surface area contributed by atoms with Gasteiger partial charge in [-0.2, -0.15) is 0 Å². The molecule has 2 aliphatic rings. The molecule has 0 radical (unpaired) electrons. The van der Waals surface area contributed by atoms with Crippen molar-refractivity contribution in [1.29, 1.82) is 0 Å². The van der Waals surface area contributed by atoms with Crippen molar-refractivity contribution < 1.29 is 19.1 Å². The Morgan fingerprint density at radius 3 is 2.23 bits per heavy atom. The first-order valence-corrected chi connectivity index (χ1v) is 15.4. The third-order valence-electron chi connectivity index (χ3n) is 7.80. The van der Waals surface area contributed by atoms with Crippen LogP contribution in [0.4, 0.5) is 10.5 Å². The van der Waals surface area contributed by atoms with E-state index in [9.17, 15) is 9.59 Å². The summed E-state index contributed by atoms with van der Waals surface area (Å²) in [7, 11) is 4.73. The average Bonchev–Trinajstić information content (AvgIpc) is 3.00. The van der Waals surface area contributed by atoms with Crippen molar-refractivity contribution in [3.05, 3.63) is 87.6 Å². The van der Waals surface area contributed by atoms with Gasteiger partial charge in [-0.25, -0.2) is 9.79 Å². The van der Waals surface area contributed by atoms with Crippen LogP contribution in [-0.4, -0.2) is 50.4 Å². The van der Waals surface area contributed by atoms with E-state index >= 15 is 0 Å². The summed E-state index contributed by atoms with van der Waals surface area (Å²) in [5.74, 6) is 1.48. The van der Waals surface area contributed by atoms with E-state index in [1.807, 2.05) is 0 Å². The predicted molar refractivity (Wildman–Crippen MR) is 175 cm³/mol. The largest absolute Gasteiger partial charge is 0.495 e. The lowest BCUT2D eigenvalue weighted by Crippen LogP contribution is -2.52. The van der Waals surface area contributed by atoms with E-state index < -0.39 is 0 Å². The molecule has 4 rings (SSSR count). The smallest absolute Gasteiger partial charge is 0.330 e. The van der Waals surface area contributed by atoms with Crippen LogP contribution in [0.1, 0.15) is 56.1 Å². The Bertz CT molecular complexity index is 1440. The normalized spacial score (nSPS) is 18.7. The first kappa shape index (κ1) is 32.4. The lowest BCUT2D eigenvalue weighted by Gasteiger charge is -2.37. The quantitative estimate of drug-likeness (QED) is 0.166. The van der Waals surface area contributed by atoms with E-state index in [0.717, 1.165) is 62.6 Å². The summed E-state index contributed by atoms with van der Waals surface area (Å²) in [5, 5.41) is 0.487. The van der Waals surface area contributed by atoms with Gasteiger partial charge >= 0.3 is 6.03 Å². The number of anilines is 1. The predicted octanol–water partition coefficient (Wildman–Crippen LogP) is 8.38. The topological polar surface area (TPSA) is 71.4 Å². The third-order valence-corrected chi connectivity index (χ3v) is 8.53. The Labute approximate surface area is 264 Å². The van der Waals surface area contributed by atoms with E-state index in [4.69, 9.17) is 37.7 Å². The van der Waals surface area contributed by atoms with Crippen molar-refractivity contribution in [3.63, 3.8) is 0 Å². The number of ether oxygens (including phenoxy) is 2. The molecule has 7 nitrogen and oxygen atoms in total. The van der Waals surface area contributed by atoms with Crippen molar-refractivity contribution in [1.82, 2.24) is 4.90 Å². The zero-order valence-electron chi connectivity index (χ0n) is 25.1. The van der Waals surface area contributed by atoms with Crippen LogP contribution in [0.15, 0.2) is 71.4 Å². The number of nitrogens with zero attached hydrogens (tertiary/aromatic N) is 3. The number of rotatable bonds is 13. The van der Waals surface area contributed by atoms with Crippen LogP contribution in [0, 0.1) is 0 Å². The Morgan fingerprint density at radius 1 is 0.977 bits per heavy atom. The van der Waals surface area contributed by atoms with Gasteiger partial charge in [0.05, 0.1) is 26.5 Å². The van der Waals surface area contributed by atoms with Crippen molar-refractivity contribution >= 4 is 46.5 Å². The number of carbonyl (C=O) groups is 2. The molecule has 1 saturated heterocycles. The lowest BCUT2D eigenvalue weighted by atomic mass is 9.96. The summed E-state index contributed by atoms with van der Waals surface area (Å²) in [6, 6.07) is 9.84. The lowest BCUT2D eigenvalue weighted by molar-refractivity contribution is -0.114. The first-order chi connectivity index (χ1) is 20.8. The molecule has 0 saturated carbocycles. The van der Waals surface area contributed by atoms with E-state index in [2.05, 4.69) is 43.0 Å². The highest BCUT2D eigenvalue weighted by Gasteiger charge is 2.36. The highest BCUT2D eigenvalue weighted by molar-refractivity contribution is 6.42. The van der Waals surface area contributed by atoms with Gasteiger partial charge < -0.3 is 9.47 Å². The Balaban J connectivity index is 1.47. The fourth-order valence-electron chi connectivity index (χ4n) is 5.45. The molecular weight excluding hydrogens is 585 g/mol. The molecule has 43 heavy (non-hydrogen) atoms. The van der Waals surface area contributed by atoms with Gasteiger partial charge in [-0.05, 0) is 68.6 Å². The van der Waals surface area contributed by atoms with Gasteiger partial charge in [-0.3, -0.25) is 14.6 Å². The minimum absolute atomic E-state index is 0.103. The number of aliphatic imine (C=N–C) groups is 1. The minimum atomic E-state index is -0.293. The number of benzene rings is 2. The molecule has 0 unspecified atom stereocenters. The molecule has 0 spiro atoms. The zero-order chi connectivity index (χ0) is 30.9. The van der Waals surface area contributed by atoms with Gasteiger partial charge in [-0.1, -0.05) is 66.2 Å². The maximum atomic E-state index is 13.7. The molecule has 2 amide bonds. The fourth-order valence-corrected chi connectivity index (χ4v) is 6.16. The number of amides is 2. The minimum Gasteiger partial charge on any atom is -0.495 e. The molecule has 2 heterocycles.